The van der Waals surface area contributed by atoms with Crippen LogP contribution in [-0.2, 0) is 0 Å². The Balaban J connectivity index is 2.46. The molecule has 92 valence electrons. The minimum Gasteiger partial charge on any atom is -0.327 e. The summed E-state index contributed by atoms with van der Waals surface area (Å²) < 4.78 is 27.1. The predicted molar refractivity (Wildman–Crippen MR) is 57.5 cm³/mol. The summed E-state index contributed by atoms with van der Waals surface area (Å²) in [6.07, 6.45) is 0. The molecule has 0 spiro atoms. The zero-order chi connectivity index (χ0) is 13.0. The molecule has 0 aromatic heterocycles. The molecule has 1 aromatic carbocycles. The quantitative estimate of drug-likeness (QED) is 0.639. The Bertz CT molecular complexity index is 502. The Kier molecular flexibility index (Phi) is 2.43. The van der Waals surface area contributed by atoms with E-state index >= 15 is 0 Å². The molecule has 0 saturated heterocycles. The highest BCUT2D eigenvalue weighted by Crippen LogP contribution is 2.58. The average molecular weight is 242 g/mol. The molecule has 1 fully saturated rings. The smallest absolute Gasteiger partial charge is 0.307 e. The molecule has 2 N–H and O–H groups in total. The molecule has 1 aliphatic carbocycles. The molecule has 2 unspecified atom stereocenters. The van der Waals surface area contributed by atoms with Crippen molar-refractivity contribution in [1.29, 1.82) is 0 Å². The third kappa shape index (κ3) is 1.68. The van der Waals surface area contributed by atoms with Gasteiger partial charge >= 0.3 is 5.69 Å². The molecule has 0 aliphatic heterocycles. The van der Waals surface area contributed by atoms with Crippen LogP contribution in [0.1, 0.15) is 25.3 Å². The molecule has 17 heavy (non-hydrogen) atoms. The molecule has 6 heteroatoms. The topological polar surface area (TPSA) is 69.2 Å². The number of halogens is 2. The molecule has 0 radical (unpaired) electrons. The van der Waals surface area contributed by atoms with Crippen molar-refractivity contribution in [3.8, 4) is 0 Å². The summed E-state index contributed by atoms with van der Waals surface area (Å²) in [6.45, 7) is 3.70. The highest BCUT2D eigenvalue weighted by molar-refractivity contribution is 5.42. The van der Waals surface area contributed by atoms with E-state index in [4.69, 9.17) is 5.73 Å². The number of nitrogens with two attached hydrogens (primary N) is 1. The Labute approximate surface area is 96.6 Å². The van der Waals surface area contributed by atoms with Crippen LogP contribution in [0, 0.1) is 27.2 Å². The summed E-state index contributed by atoms with van der Waals surface area (Å²) in [4.78, 5) is 9.49. The van der Waals surface area contributed by atoms with Gasteiger partial charge in [0.05, 0.1) is 11.0 Å². The Hall–Kier alpha value is -1.56. The predicted octanol–water partition coefficient (Wildman–Crippen LogP) is 2.32. The molecule has 0 bridgehead atoms. The average Bonchev–Trinajstić information content (AvgIpc) is 2.69. The first kappa shape index (κ1) is 11.9. The monoisotopic (exact) mass is 242 g/mol. The van der Waals surface area contributed by atoms with E-state index < -0.39 is 22.2 Å². The highest BCUT2D eigenvalue weighted by atomic mass is 19.1. The van der Waals surface area contributed by atoms with Gasteiger partial charge in [0.1, 0.15) is 5.82 Å². The summed E-state index contributed by atoms with van der Waals surface area (Å²) >= 11 is 0. The van der Waals surface area contributed by atoms with Crippen molar-refractivity contribution in [1.82, 2.24) is 0 Å². The fourth-order valence-electron chi connectivity index (χ4n) is 2.20. The van der Waals surface area contributed by atoms with Crippen molar-refractivity contribution >= 4 is 5.69 Å². The zero-order valence-electron chi connectivity index (χ0n) is 9.41. The lowest BCUT2D eigenvalue weighted by atomic mass is 10.0. The third-order valence-electron chi connectivity index (χ3n) is 3.51. The van der Waals surface area contributed by atoms with E-state index in [1.54, 1.807) is 0 Å². The van der Waals surface area contributed by atoms with Crippen LogP contribution in [0.4, 0.5) is 14.5 Å². The minimum absolute atomic E-state index is 0.116. The molecule has 1 aliphatic rings. The normalized spacial score (nSPS) is 25.7. The second kappa shape index (κ2) is 3.46. The van der Waals surface area contributed by atoms with Gasteiger partial charge in [0, 0.05) is 12.0 Å². The summed E-state index contributed by atoms with van der Waals surface area (Å²) in [5, 5.41) is 10.4. The Morgan fingerprint density at radius 3 is 2.29 bits per heavy atom. The SMILES string of the molecule is CC1(C)C(N)C1c1cc(F)c([N+](=O)[O-])cc1F. The van der Waals surface area contributed by atoms with Gasteiger partial charge in [-0.05, 0) is 17.0 Å². The van der Waals surface area contributed by atoms with Gasteiger partial charge in [-0.2, -0.15) is 4.39 Å². The number of rotatable bonds is 2. The van der Waals surface area contributed by atoms with Gasteiger partial charge in [-0.25, -0.2) is 4.39 Å². The van der Waals surface area contributed by atoms with E-state index in [0.717, 1.165) is 6.07 Å². The molecular weight excluding hydrogens is 230 g/mol. The maximum atomic E-state index is 13.7. The van der Waals surface area contributed by atoms with Crippen LogP contribution in [0.2, 0.25) is 0 Å². The van der Waals surface area contributed by atoms with Gasteiger partial charge in [0.2, 0.25) is 5.82 Å². The fraction of sp³-hybridized carbons (Fsp3) is 0.455. The van der Waals surface area contributed by atoms with Crippen LogP contribution in [0.3, 0.4) is 0 Å². The van der Waals surface area contributed by atoms with E-state index in [0.29, 0.717) is 6.07 Å². The van der Waals surface area contributed by atoms with Crippen molar-refractivity contribution in [3.63, 3.8) is 0 Å². The standard InChI is InChI=1S/C11H12F2N2O2/c1-11(2)9(10(11)14)5-3-7(13)8(15(16)17)4-6(5)12/h3-4,9-10H,14H2,1-2H3. The first-order chi connectivity index (χ1) is 7.76. The number of nitro groups is 1. The lowest BCUT2D eigenvalue weighted by Gasteiger charge is -2.05. The van der Waals surface area contributed by atoms with E-state index in [2.05, 4.69) is 0 Å². The molecule has 1 aromatic rings. The van der Waals surface area contributed by atoms with Crippen LogP contribution in [0.15, 0.2) is 12.1 Å². The fourth-order valence-corrected chi connectivity index (χ4v) is 2.20. The van der Waals surface area contributed by atoms with Gasteiger partial charge < -0.3 is 5.73 Å². The molecule has 2 atom stereocenters. The number of benzene rings is 1. The highest BCUT2D eigenvalue weighted by Gasteiger charge is 2.57. The van der Waals surface area contributed by atoms with Crippen LogP contribution in [0.25, 0.3) is 0 Å². The summed E-state index contributed by atoms with van der Waals surface area (Å²) in [5.41, 5.74) is 4.74. The molecule has 1 saturated carbocycles. The van der Waals surface area contributed by atoms with E-state index in [1.165, 1.54) is 0 Å². The van der Waals surface area contributed by atoms with Crippen molar-refractivity contribution in [2.75, 3.05) is 0 Å². The lowest BCUT2D eigenvalue weighted by molar-refractivity contribution is -0.387. The van der Waals surface area contributed by atoms with Crippen LogP contribution in [0.5, 0.6) is 0 Å². The Morgan fingerprint density at radius 1 is 1.35 bits per heavy atom. The van der Waals surface area contributed by atoms with E-state index in [-0.39, 0.29) is 22.9 Å². The third-order valence-corrected chi connectivity index (χ3v) is 3.51. The van der Waals surface area contributed by atoms with Gasteiger partial charge in [-0.15, -0.1) is 0 Å². The lowest BCUT2D eigenvalue weighted by Crippen LogP contribution is -2.06. The van der Waals surface area contributed by atoms with E-state index in [9.17, 15) is 18.9 Å². The number of nitrogens with zero attached hydrogens (tertiary/aromatic N) is 1. The first-order valence-electron chi connectivity index (χ1n) is 5.15. The number of nitro benzene ring substituents is 1. The molecule has 0 heterocycles. The maximum Gasteiger partial charge on any atom is 0.307 e. The van der Waals surface area contributed by atoms with Crippen LogP contribution in [-0.4, -0.2) is 11.0 Å². The van der Waals surface area contributed by atoms with E-state index in [1.807, 2.05) is 13.8 Å². The maximum absolute atomic E-state index is 13.7. The second-order valence-electron chi connectivity index (χ2n) is 4.91. The largest absolute Gasteiger partial charge is 0.327 e. The zero-order valence-corrected chi connectivity index (χ0v) is 9.41. The number of hydrogen-bond acceptors (Lipinski definition) is 3. The van der Waals surface area contributed by atoms with Crippen LogP contribution < -0.4 is 5.73 Å². The minimum atomic E-state index is -1.03. The van der Waals surface area contributed by atoms with Crippen molar-refractivity contribution < 1.29 is 13.7 Å². The first-order valence-corrected chi connectivity index (χ1v) is 5.15. The number of hydrogen-bond donors (Lipinski definition) is 1. The van der Waals surface area contributed by atoms with Gasteiger partial charge in [-0.3, -0.25) is 10.1 Å². The molecular formula is C11H12F2N2O2. The van der Waals surface area contributed by atoms with Crippen LogP contribution >= 0.6 is 0 Å². The summed E-state index contributed by atoms with van der Waals surface area (Å²) in [5.74, 6) is -2.09. The van der Waals surface area contributed by atoms with Gasteiger partial charge in [0.25, 0.3) is 0 Å². The van der Waals surface area contributed by atoms with Crippen molar-refractivity contribution in [2.45, 2.75) is 25.8 Å². The Morgan fingerprint density at radius 2 is 1.88 bits per heavy atom. The molecule has 2 rings (SSSR count). The summed E-state index contributed by atoms with van der Waals surface area (Å²) in [7, 11) is 0. The van der Waals surface area contributed by atoms with Crippen molar-refractivity contribution in [3.05, 3.63) is 39.4 Å². The van der Waals surface area contributed by atoms with Crippen molar-refractivity contribution in [2.24, 2.45) is 11.1 Å². The second-order valence-corrected chi connectivity index (χ2v) is 4.91. The van der Waals surface area contributed by atoms with Gasteiger partial charge in [-0.1, -0.05) is 13.8 Å². The summed E-state index contributed by atoms with van der Waals surface area (Å²) in [6, 6.07) is 1.25. The molecule has 4 nitrogen and oxygen atoms in total. The van der Waals surface area contributed by atoms with Gasteiger partial charge in [0.15, 0.2) is 0 Å². The molecule has 0 amide bonds.